The third kappa shape index (κ3) is 1.99. The van der Waals surface area contributed by atoms with Crippen LogP contribution >= 0.6 is 0 Å². The third-order valence-electron chi connectivity index (χ3n) is 2.72. The van der Waals surface area contributed by atoms with Crippen LogP contribution in [-0.2, 0) is 6.54 Å². The molecule has 3 rings (SSSR count). The Morgan fingerprint density at radius 1 is 1.12 bits per heavy atom. The van der Waals surface area contributed by atoms with Crippen molar-refractivity contribution in [3.8, 4) is 0 Å². The summed E-state index contributed by atoms with van der Waals surface area (Å²) < 4.78 is 5.29. The molecule has 0 bridgehead atoms. The maximum Gasteiger partial charge on any atom is 0.122 e. The monoisotopic (exact) mass is 224 g/mol. The molecule has 0 aliphatic heterocycles. The van der Waals surface area contributed by atoms with E-state index in [0.717, 1.165) is 16.8 Å². The minimum atomic E-state index is 0.682. The fourth-order valence-electron chi connectivity index (χ4n) is 1.86. The van der Waals surface area contributed by atoms with Crippen LogP contribution in [0.4, 0.5) is 5.69 Å². The summed E-state index contributed by atoms with van der Waals surface area (Å²) in [4.78, 5) is 4.16. The van der Waals surface area contributed by atoms with Gasteiger partial charge in [-0.05, 0) is 29.7 Å². The Labute approximate surface area is 99.1 Å². The molecule has 0 spiro atoms. The van der Waals surface area contributed by atoms with Gasteiger partial charge >= 0.3 is 0 Å². The van der Waals surface area contributed by atoms with Crippen molar-refractivity contribution in [1.29, 1.82) is 0 Å². The second kappa shape index (κ2) is 4.29. The van der Waals surface area contributed by atoms with Crippen LogP contribution < -0.4 is 5.32 Å². The van der Waals surface area contributed by atoms with E-state index in [0.29, 0.717) is 6.54 Å². The van der Waals surface area contributed by atoms with Gasteiger partial charge in [0.2, 0.25) is 0 Å². The lowest BCUT2D eigenvalue weighted by Crippen LogP contribution is -1.98. The first-order valence-electron chi connectivity index (χ1n) is 5.52. The fraction of sp³-hybridized carbons (Fsp3) is 0.0714. The first kappa shape index (κ1) is 9.90. The standard InChI is InChI=1S/C14H12N2O/c1-3-11-6-7-15-10-13(11)14(5-1)16-9-12-4-2-8-17-12/h1-8,10,16H,9H2. The molecule has 0 atom stereocenters. The summed E-state index contributed by atoms with van der Waals surface area (Å²) in [6.45, 7) is 0.682. The zero-order valence-corrected chi connectivity index (χ0v) is 9.26. The van der Waals surface area contributed by atoms with E-state index < -0.39 is 0 Å². The number of rotatable bonds is 3. The Balaban J connectivity index is 1.90. The van der Waals surface area contributed by atoms with Crippen molar-refractivity contribution in [1.82, 2.24) is 4.98 Å². The molecule has 1 N–H and O–H groups in total. The highest BCUT2D eigenvalue weighted by molar-refractivity contribution is 5.92. The van der Waals surface area contributed by atoms with E-state index in [2.05, 4.69) is 16.4 Å². The molecule has 3 nitrogen and oxygen atoms in total. The Hall–Kier alpha value is -2.29. The van der Waals surface area contributed by atoms with Crippen molar-refractivity contribution >= 4 is 16.5 Å². The Morgan fingerprint density at radius 3 is 3.00 bits per heavy atom. The van der Waals surface area contributed by atoms with Crippen LogP contribution in [0.2, 0.25) is 0 Å². The minimum absolute atomic E-state index is 0.682. The summed E-state index contributed by atoms with van der Waals surface area (Å²) in [6, 6.07) is 12.0. The summed E-state index contributed by atoms with van der Waals surface area (Å²) in [5, 5.41) is 5.67. The predicted molar refractivity (Wildman–Crippen MR) is 67.8 cm³/mol. The molecular formula is C14H12N2O. The van der Waals surface area contributed by atoms with E-state index >= 15 is 0 Å². The second-order valence-corrected chi connectivity index (χ2v) is 3.84. The highest BCUT2D eigenvalue weighted by atomic mass is 16.3. The summed E-state index contributed by atoms with van der Waals surface area (Å²) in [5.74, 6) is 0.922. The number of anilines is 1. The third-order valence-corrected chi connectivity index (χ3v) is 2.72. The van der Waals surface area contributed by atoms with Crippen molar-refractivity contribution in [3.63, 3.8) is 0 Å². The van der Waals surface area contributed by atoms with Crippen molar-refractivity contribution in [2.75, 3.05) is 5.32 Å². The van der Waals surface area contributed by atoms with Crippen molar-refractivity contribution in [3.05, 3.63) is 60.8 Å². The summed E-state index contributed by atoms with van der Waals surface area (Å²) in [6.07, 6.45) is 5.36. The molecule has 0 saturated heterocycles. The molecule has 3 aromatic rings. The van der Waals surface area contributed by atoms with Gasteiger partial charge in [-0.3, -0.25) is 4.98 Å². The van der Waals surface area contributed by atoms with E-state index in [-0.39, 0.29) is 0 Å². The number of nitrogens with one attached hydrogen (secondary N) is 1. The van der Waals surface area contributed by atoms with Crippen LogP contribution in [0.3, 0.4) is 0 Å². The molecule has 0 fully saturated rings. The van der Waals surface area contributed by atoms with Gasteiger partial charge in [0, 0.05) is 23.5 Å². The molecule has 2 aromatic heterocycles. The van der Waals surface area contributed by atoms with Gasteiger partial charge in [-0.15, -0.1) is 0 Å². The van der Waals surface area contributed by atoms with Crippen LogP contribution in [0.15, 0.2) is 59.5 Å². The molecule has 0 unspecified atom stereocenters. The topological polar surface area (TPSA) is 38.1 Å². The maximum atomic E-state index is 5.29. The Bertz CT molecular complexity index is 612. The zero-order chi connectivity index (χ0) is 11.5. The van der Waals surface area contributed by atoms with E-state index in [1.807, 2.05) is 36.5 Å². The number of fused-ring (bicyclic) bond motifs is 1. The molecule has 0 saturated carbocycles. The van der Waals surface area contributed by atoms with Gasteiger partial charge in [-0.25, -0.2) is 0 Å². The quantitative estimate of drug-likeness (QED) is 0.740. The Morgan fingerprint density at radius 2 is 2.12 bits per heavy atom. The molecule has 0 aliphatic rings. The van der Waals surface area contributed by atoms with E-state index in [4.69, 9.17) is 4.42 Å². The average Bonchev–Trinajstić information content (AvgIpc) is 2.89. The zero-order valence-electron chi connectivity index (χ0n) is 9.26. The number of nitrogens with zero attached hydrogens (tertiary/aromatic N) is 1. The van der Waals surface area contributed by atoms with Gasteiger partial charge in [-0.1, -0.05) is 12.1 Å². The van der Waals surface area contributed by atoms with Gasteiger partial charge in [0.05, 0.1) is 12.8 Å². The van der Waals surface area contributed by atoms with Crippen molar-refractivity contribution < 1.29 is 4.42 Å². The molecule has 2 heterocycles. The van der Waals surface area contributed by atoms with Gasteiger partial charge in [-0.2, -0.15) is 0 Å². The minimum Gasteiger partial charge on any atom is -0.467 e. The number of pyridine rings is 1. The van der Waals surface area contributed by atoms with Crippen LogP contribution in [0.5, 0.6) is 0 Å². The average molecular weight is 224 g/mol. The number of benzene rings is 1. The summed E-state index contributed by atoms with van der Waals surface area (Å²) >= 11 is 0. The second-order valence-electron chi connectivity index (χ2n) is 3.84. The van der Waals surface area contributed by atoms with Crippen LogP contribution in [0, 0.1) is 0 Å². The number of furan rings is 1. The van der Waals surface area contributed by atoms with E-state index in [9.17, 15) is 0 Å². The van der Waals surface area contributed by atoms with Crippen LogP contribution in [0.1, 0.15) is 5.76 Å². The normalized spacial score (nSPS) is 10.6. The number of hydrogen-bond acceptors (Lipinski definition) is 3. The lowest BCUT2D eigenvalue weighted by atomic mass is 10.1. The predicted octanol–water partition coefficient (Wildman–Crippen LogP) is 3.44. The number of aromatic nitrogens is 1. The highest BCUT2D eigenvalue weighted by Gasteiger charge is 2.01. The molecule has 84 valence electrons. The SMILES string of the molecule is c1coc(CNc2cccc3ccncc23)c1. The van der Waals surface area contributed by atoms with Gasteiger partial charge in [0.1, 0.15) is 5.76 Å². The largest absolute Gasteiger partial charge is 0.467 e. The molecular weight excluding hydrogens is 212 g/mol. The maximum absolute atomic E-state index is 5.29. The van der Waals surface area contributed by atoms with Gasteiger partial charge < -0.3 is 9.73 Å². The molecule has 17 heavy (non-hydrogen) atoms. The molecule has 1 aromatic carbocycles. The first-order chi connectivity index (χ1) is 8.43. The van der Waals surface area contributed by atoms with E-state index in [1.54, 1.807) is 12.5 Å². The molecule has 0 aliphatic carbocycles. The lowest BCUT2D eigenvalue weighted by molar-refractivity contribution is 0.518. The highest BCUT2D eigenvalue weighted by Crippen LogP contribution is 2.22. The van der Waals surface area contributed by atoms with Crippen LogP contribution in [-0.4, -0.2) is 4.98 Å². The molecule has 0 radical (unpaired) electrons. The smallest absolute Gasteiger partial charge is 0.122 e. The fourth-order valence-corrected chi connectivity index (χ4v) is 1.86. The van der Waals surface area contributed by atoms with Crippen LogP contribution in [0.25, 0.3) is 10.8 Å². The summed E-state index contributed by atoms with van der Waals surface area (Å²) in [7, 11) is 0. The Kier molecular flexibility index (Phi) is 2.50. The summed E-state index contributed by atoms with van der Waals surface area (Å²) in [5.41, 5.74) is 1.08. The lowest BCUT2D eigenvalue weighted by Gasteiger charge is -2.07. The number of hydrogen-bond donors (Lipinski definition) is 1. The molecule has 0 amide bonds. The van der Waals surface area contributed by atoms with Gasteiger partial charge in [0.25, 0.3) is 0 Å². The van der Waals surface area contributed by atoms with Crippen molar-refractivity contribution in [2.45, 2.75) is 6.54 Å². The van der Waals surface area contributed by atoms with Crippen molar-refractivity contribution in [2.24, 2.45) is 0 Å². The molecule has 3 heteroatoms. The first-order valence-corrected chi connectivity index (χ1v) is 5.52. The van der Waals surface area contributed by atoms with Gasteiger partial charge in [0.15, 0.2) is 0 Å². The van der Waals surface area contributed by atoms with E-state index in [1.165, 1.54) is 5.39 Å².